The quantitative estimate of drug-likeness (QED) is 0.335. The molecular weight excluding hydrogens is 418 g/mol. The van der Waals surface area contributed by atoms with E-state index in [0.29, 0.717) is 29.4 Å². The predicted molar refractivity (Wildman–Crippen MR) is 123 cm³/mol. The largest absolute Gasteiger partial charge is 0.507 e. The minimum absolute atomic E-state index is 0.0306. The van der Waals surface area contributed by atoms with Gasteiger partial charge in [-0.15, -0.1) is 0 Å². The second-order valence-electron chi connectivity index (χ2n) is 8.30. The number of likely N-dealkylation sites (tertiary alicyclic amines) is 1. The van der Waals surface area contributed by atoms with E-state index in [9.17, 15) is 14.7 Å². The maximum atomic E-state index is 13.1. The molecule has 3 aromatic rings. The maximum Gasteiger partial charge on any atom is 0.295 e. The smallest absolute Gasteiger partial charge is 0.295 e. The van der Waals surface area contributed by atoms with Crippen LogP contribution in [-0.4, -0.2) is 38.3 Å². The molecule has 1 atom stereocenters. The summed E-state index contributed by atoms with van der Waals surface area (Å²) in [6.45, 7) is 4.81. The highest BCUT2D eigenvalue weighted by Crippen LogP contribution is 2.40. The number of amides is 1. The molecule has 1 saturated heterocycles. The van der Waals surface area contributed by atoms with Gasteiger partial charge in [0, 0.05) is 36.9 Å². The van der Waals surface area contributed by atoms with Crippen LogP contribution < -0.4 is 4.74 Å². The maximum absolute atomic E-state index is 13.1. The highest BCUT2D eigenvalue weighted by molar-refractivity contribution is 6.46. The number of ketones is 1. The third-order valence-corrected chi connectivity index (χ3v) is 5.33. The molecule has 1 N–H and O–H groups in total. The average molecular weight is 444 g/mol. The summed E-state index contributed by atoms with van der Waals surface area (Å²) in [4.78, 5) is 35.8. The number of carbonyl (C=O) groups is 2. The van der Waals surface area contributed by atoms with Crippen LogP contribution in [0.1, 0.15) is 36.6 Å². The molecule has 7 nitrogen and oxygen atoms in total. The van der Waals surface area contributed by atoms with E-state index >= 15 is 0 Å². The highest BCUT2D eigenvalue weighted by Gasteiger charge is 2.46. The summed E-state index contributed by atoms with van der Waals surface area (Å²) >= 11 is 0. The van der Waals surface area contributed by atoms with Gasteiger partial charge in [0.15, 0.2) is 0 Å². The molecule has 1 aliphatic heterocycles. The molecule has 1 fully saturated rings. The van der Waals surface area contributed by atoms with Crippen LogP contribution in [0.15, 0.2) is 78.9 Å². The van der Waals surface area contributed by atoms with Crippen LogP contribution in [-0.2, 0) is 16.1 Å². The highest BCUT2D eigenvalue weighted by atomic mass is 16.5. The van der Waals surface area contributed by atoms with Crippen molar-refractivity contribution in [2.24, 2.45) is 5.92 Å². The summed E-state index contributed by atoms with van der Waals surface area (Å²) in [5.41, 5.74) is 1.90. The number of aliphatic hydroxyl groups is 1. The Balaban J connectivity index is 1.78. The van der Waals surface area contributed by atoms with Gasteiger partial charge in [0.2, 0.25) is 0 Å². The Morgan fingerprint density at radius 3 is 2.55 bits per heavy atom. The van der Waals surface area contributed by atoms with Crippen LogP contribution in [0, 0.1) is 5.92 Å². The van der Waals surface area contributed by atoms with Gasteiger partial charge in [-0.05, 0) is 47.4 Å². The van der Waals surface area contributed by atoms with Crippen molar-refractivity contribution in [1.82, 2.24) is 14.9 Å². The summed E-state index contributed by atoms with van der Waals surface area (Å²) in [6.07, 6.45) is 6.49. The molecule has 2 aromatic heterocycles. The lowest BCUT2D eigenvalue weighted by Gasteiger charge is -2.25. The fraction of sp³-hybridized carbons (Fsp3) is 0.231. The minimum Gasteiger partial charge on any atom is -0.507 e. The van der Waals surface area contributed by atoms with Gasteiger partial charge in [0.25, 0.3) is 11.7 Å². The van der Waals surface area contributed by atoms with Crippen LogP contribution in [0.2, 0.25) is 0 Å². The minimum atomic E-state index is -0.771. The van der Waals surface area contributed by atoms with E-state index in [1.807, 2.05) is 13.8 Å². The molecule has 0 aliphatic carbocycles. The summed E-state index contributed by atoms with van der Waals surface area (Å²) in [5.74, 6) is -0.726. The van der Waals surface area contributed by atoms with Gasteiger partial charge in [0.05, 0.1) is 18.2 Å². The molecule has 1 unspecified atom stereocenters. The van der Waals surface area contributed by atoms with E-state index < -0.39 is 17.7 Å². The first-order chi connectivity index (χ1) is 16.0. The van der Waals surface area contributed by atoms with Crippen molar-refractivity contribution in [3.05, 3.63) is 95.6 Å². The fourth-order valence-corrected chi connectivity index (χ4v) is 3.76. The van der Waals surface area contributed by atoms with E-state index in [2.05, 4.69) is 9.97 Å². The number of ether oxygens (including phenoxy) is 1. The van der Waals surface area contributed by atoms with Crippen molar-refractivity contribution in [1.29, 1.82) is 0 Å². The topological polar surface area (TPSA) is 92.6 Å². The third kappa shape index (κ3) is 4.77. The number of carbonyl (C=O) groups excluding carboxylic acids is 2. The van der Waals surface area contributed by atoms with Crippen LogP contribution >= 0.6 is 0 Å². The van der Waals surface area contributed by atoms with E-state index in [4.69, 9.17) is 4.74 Å². The third-order valence-electron chi connectivity index (χ3n) is 5.33. The molecule has 0 saturated carbocycles. The number of hydrogen-bond donors (Lipinski definition) is 1. The Morgan fingerprint density at radius 2 is 1.85 bits per heavy atom. The number of pyridine rings is 2. The van der Waals surface area contributed by atoms with Crippen LogP contribution in [0.5, 0.6) is 5.75 Å². The molecule has 0 spiro atoms. The number of aromatic nitrogens is 2. The molecule has 1 aliphatic rings. The lowest BCUT2D eigenvalue weighted by Crippen LogP contribution is -2.29. The van der Waals surface area contributed by atoms with E-state index in [0.717, 1.165) is 5.56 Å². The molecule has 3 heterocycles. The van der Waals surface area contributed by atoms with Gasteiger partial charge in [-0.1, -0.05) is 32.0 Å². The van der Waals surface area contributed by atoms with Gasteiger partial charge in [-0.2, -0.15) is 0 Å². The van der Waals surface area contributed by atoms with Crippen molar-refractivity contribution in [2.45, 2.75) is 26.4 Å². The molecule has 0 radical (unpaired) electrons. The van der Waals surface area contributed by atoms with Crippen molar-refractivity contribution in [3.63, 3.8) is 0 Å². The predicted octanol–water partition coefficient (Wildman–Crippen LogP) is 4.13. The monoisotopic (exact) mass is 443 g/mol. The molecule has 168 valence electrons. The zero-order valence-electron chi connectivity index (χ0n) is 18.5. The van der Waals surface area contributed by atoms with Crippen molar-refractivity contribution in [2.75, 3.05) is 6.61 Å². The van der Waals surface area contributed by atoms with Crippen LogP contribution in [0.4, 0.5) is 0 Å². The zero-order chi connectivity index (χ0) is 23.4. The van der Waals surface area contributed by atoms with Gasteiger partial charge >= 0.3 is 0 Å². The Bertz CT molecular complexity index is 1180. The van der Waals surface area contributed by atoms with E-state index in [1.165, 1.54) is 4.90 Å². The Labute approximate surface area is 192 Å². The number of rotatable bonds is 7. The molecule has 0 bridgehead atoms. The van der Waals surface area contributed by atoms with E-state index in [-0.39, 0.29) is 17.9 Å². The van der Waals surface area contributed by atoms with E-state index in [1.54, 1.807) is 73.3 Å². The number of nitrogens with zero attached hydrogens (tertiary/aromatic N) is 3. The standard InChI is InChI=1S/C26H25N3O4/c1-17(2)16-33-21-7-3-5-19(13-21)24(30)22-23(20-6-4-10-28-14-20)29(26(32)25(22)31)15-18-8-11-27-12-9-18/h3-14,17,23,30H,15-16H2,1-2H3/b24-22-. The zero-order valence-corrected chi connectivity index (χ0v) is 18.5. The number of Topliss-reactive ketones (excluding diaryl/α,β-unsaturated/α-hetero) is 1. The number of benzene rings is 1. The Hall–Kier alpha value is -4.00. The summed E-state index contributed by atoms with van der Waals surface area (Å²) in [7, 11) is 0. The second-order valence-corrected chi connectivity index (χ2v) is 8.30. The summed E-state index contributed by atoms with van der Waals surface area (Å²) in [5, 5.41) is 11.2. The van der Waals surface area contributed by atoms with Crippen LogP contribution in [0.25, 0.3) is 5.76 Å². The van der Waals surface area contributed by atoms with Crippen molar-refractivity contribution >= 4 is 17.4 Å². The summed E-state index contributed by atoms with van der Waals surface area (Å²) < 4.78 is 5.77. The first-order valence-corrected chi connectivity index (χ1v) is 10.8. The lowest BCUT2D eigenvalue weighted by molar-refractivity contribution is -0.140. The molecule has 4 rings (SSSR count). The average Bonchev–Trinajstić information content (AvgIpc) is 3.08. The number of hydrogen-bond acceptors (Lipinski definition) is 6. The second kappa shape index (κ2) is 9.65. The van der Waals surface area contributed by atoms with Gasteiger partial charge < -0.3 is 14.7 Å². The van der Waals surface area contributed by atoms with Gasteiger partial charge in [-0.3, -0.25) is 19.6 Å². The lowest BCUT2D eigenvalue weighted by atomic mass is 9.96. The first-order valence-electron chi connectivity index (χ1n) is 10.8. The Kier molecular flexibility index (Phi) is 6.49. The van der Waals surface area contributed by atoms with Gasteiger partial charge in [0.1, 0.15) is 11.5 Å². The fourth-order valence-electron chi connectivity index (χ4n) is 3.76. The van der Waals surface area contributed by atoms with Crippen molar-refractivity contribution in [3.8, 4) is 5.75 Å². The molecule has 33 heavy (non-hydrogen) atoms. The number of aliphatic hydroxyl groups excluding tert-OH is 1. The first kappa shape index (κ1) is 22.2. The molecular formula is C26H25N3O4. The van der Waals surface area contributed by atoms with Gasteiger partial charge in [-0.25, -0.2) is 0 Å². The summed E-state index contributed by atoms with van der Waals surface area (Å²) in [6, 6.07) is 13.2. The molecule has 1 aromatic carbocycles. The SMILES string of the molecule is CC(C)COc1cccc(/C(O)=C2/C(=O)C(=O)N(Cc3ccncc3)C2c2cccnc2)c1. The normalized spacial score (nSPS) is 17.5. The van der Waals surface area contributed by atoms with Crippen molar-refractivity contribution < 1.29 is 19.4 Å². The molecule has 1 amide bonds. The Morgan fingerprint density at radius 1 is 1.06 bits per heavy atom. The molecule has 7 heteroatoms. The van der Waals surface area contributed by atoms with Crippen LogP contribution in [0.3, 0.4) is 0 Å².